The minimum absolute atomic E-state index is 0.355. The molecule has 128 valence electrons. The van der Waals surface area contributed by atoms with E-state index in [2.05, 4.69) is 15.1 Å². The molecule has 0 spiro atoms. The summed E-state index contributed by atoms with van der Waals surface area (Å²) in [4.78, 5) is 6.42. The molecule has 1 aromatic carbocycles. The summed E-state index contributed by atoms with van der Waals surface area (Å²) in [5.41, 5.74) is 2.82. The number of hydrogen-bond donors (Lipinski definition) is 1. The molecule has 0 aliphatic heterocycles. The van der Waals surface area contributed by atoms with Gasteiger partial charge in [-0.3, -0.25) is 5.43 Å². The second-order valence-corrected chi connectivity index (χ2v) is 5.02. The number of rotatable bonds is 4. The highest BCUT2D eigenvalue weighted by Gasteiger charge is 2.20. The van der Waals surface area contributed by atoms with Gasteiger partial charge in [-0.2, -0.15) is 27.6 Å². The Morgan fingerprint density at radius 2 is 1.68 bits per heavy atom. The summed E-state index contributed by atoms with van der Waals surface area (Å²) in [5.74, 6) is -6.80. The number of nitrogens with zero attached hydrogens (tertiary/aromatic N) is 4. The highest BCUT2D eigenvalue weighted by atomic mass is 19.2. The third-order valence-electron chi connectivity index (χ3n) is 3.42. The molecule has 0 saturated heterocycles. The van der Waals surface area contributed by atoms with Crippen molar-refractivity contribution in [1.29, 1.82) is 0 Å². The van der Waals surface area contributed by atoms with Crippen LogP contribution in [-0.2, 0) is 0 Å². The van der Waals surface area contributed by atoms with Gasteiger partial charge in [-0.25, -0.2) is 4.98 Å². The lowest BCUT2D eigenvalue weighted by Gasteiger charge is -2.07. The van der Waals surface area contributed by atoms with Gasteiger partial charge in [0, 0.05) is 18.1 Å². The lowest BCUT2D eigenvalue weighted by Crippen LogP contribution is -2.07. The Labute approximate surface area is 139 Å². The quantitative estimate of drug-likeness (QED) is 0.338. The van der Waals surface area contributed by atoms with Crippen molar-refractivity contribution >= 4 is 11.4 Å². The van der Waals surface area contributed by atoms with Gasteiger partial charge in [-0.15, -0.1) is 0 Å². The van der Waals surface area contributed by atoms with Crippen LogP contribution >= 0.6 is 0 Å². The van der Waals surface area contributed by atoms with Gasteiger partial charge in [0.25, 0.3) is 11.9 Å². The van der Waals surface area contributed by atoms with E-state index in [1.807, 2.05) is 5.43 Å². The number of nitrogens with one attached hydrogen (secondary N) is 1. The lowest BCUT2D eigenvalue weighted by atomic mass is 10.1. The van der Waals surface area contributed by atoms with Crippen molar-refractivity contribution in [3.05, 3.63) is 72.1 Å². The molecule has 1 N–H and O–H groups in total. The Balaban J connectivity index is 1.83. The Hall–Kier alpha value is -3.23. The van der Waals surface area contributed by atoms with Crippen molar-refractivity contribution < 1.29 is 17.6 Å². The minimum Gasteiger partial charge on any atom is -0.306 e. The first-order valence-electron chi connectivity index (χ1n) is 7.06. The second-order valence-electron chi connectivity index (χ2n) is 5.02. The van der Waals surface area contributed by atoms with Crippen LogP contribution in [0.15, 0.2) is 48.1 Å². The SMILES string of the molecule is C/C(=N\Nc1c(F)c(F)nc(F)c1F)c1ccc(-n2ccnc2)cc1. The van der Waals surface area contributed by atoms with Gasteiger partial charge in [0.2, 0.25) is 11.6 Å². The zero-order valence-electron chi connectivity index (χ0n) is 12.8. The van der Waals surface area contributed by atoms with E-state index in [0.29, 0.717) is 11.3 Å². The van der Waals surface area contributed by atoms with Crippen LogP contribution in [-0.4, -0.2) is 20.2 Å². The molecule has 25 heavy (non-hydrogen) atoms. The van der Waals surface area contributed by atoms with Crippen LogP contribution in [0.2, 0.25) is 0 Å². The third-order valence-corrected chi connectivity index (χ3v) is 3.42. The van der Waals surface area contributed by atoms with Crippen LogP contribution in [0.25, 0.3) is 5.69 Å². The van der Waals surface area contributed by atoms with E-state index in [1.54, 1.807) is 54.5 Å². The maximum absolute atomic E-state index is 13.5. The van der Waals surface area contributed by atoms with Crippen LogP contribution in [0.1, 0.15) is 12.5 Å². The van der Waals surface area contributed by atoms with Gasteiger partial charge in [0.1, 0.15) is 5.69 Å². The topological polar surface area (TPSA) is 55.1 Å². The Morgan fingerprint density at radius 3 is 2.24 bits per heavy atom. The van der Waals surface area contributed by atoms with Gasteiger partial charge >= 0.3 is 0 Å². The van der Waals surface area contributed by atoms with Crippen LogP contribution in [0, 0.1) is 23.5 Å². The van der Waals surface area contributed by atoms with Crippen molar-refractivity contribution in [3.8, 4) is 5.69 Å². The number of anilines is 1. The van der Waals surface area contributed by atoms with E-state index in [9.17, 15) is 17.6 Å². The molecule has 0 aliphatic carbocycles. The standard InChI is InChI=1S/C16H11F4N5/c1-9(10-2-4-11(5-3-10)25-7-6-21-8-25)23-24-14-12(17)15(19)22-16(20)13(14)18/h2-8H,1H3,(H,22,24)/b23-9+. The molecule has 0 bridgehead atoms. The molecule has 0 radical (unpaired) electrons. The molecule has 2 aromatic heterocycles. The van der Waals surface area contributed by atoms with Gasteiger partial charge < -0.3 is 4.57 Å². The minimum atomic E-state index is -1.75. The van der Waals surface area contributed by atoms with Gasteiger partial charge in [0.15, 0.2) is 0 Å². The van der Waals surface area contributed by atoms with E-state index >= 15 is 0 Å². The monoisotopic (exact) mass is 349 g/mol. The zero-order chi connectivity index (χ0) is 18.0. The fourth-order valence-corrected chi connectivity index (χ4v) is 2.08. The van der Waals surface area contributed by atoms with Crippen LogP contribution in [0.3, 0.4) is 0 Å². The van der Waals surface area contributed by atoms with Crippen molar-refractivity contribution in [2.24, 2.45) is 5.10 Å². The molecule has 0 unspecified atom stereocenters. The first kappa shape index (κ1) is 16.6. The molecule has 9 heteroatoms. The summed E-state index contributed by atoms with van der Waals surface area (Å²) in [6, 6.07) is 7.05. The van der Waals surface area contributed by atoms with Crippen molar-refractivity contribution in [2.75, 3.05) is 5.43 Å². The molecule has 0 atom stereocenters. The maximum atomic E-state index is 13.5. The summed E-state index contributed by atoms with van der Waals surface area (Å²) >= 11 is 0. The van der Waals surface area contributed by atoms with Crippen LogP contribution in [0.5, 0.6) is 0 Å². The summed E-state index contributed by atoms with van der Waals surface area (Å²) in [5, 5.41) is 3.77. The molecule has 5 nitrogen and oxygen atoms in total. The number of hydrogen-bond acceptors (Lipinski definition) is 4. The van der Waals surface area contributed by atoms with Crippen LogP contribution in [0.4, 0.5) is 23.2 Å². The predicted octanol–water partition coefficient (Wildman–Crippen LogP) is 3.66. The fraction of sp³-hybridized carbons (Fsp3) is 0.0625. The summed E-state index contributed by atoms with van der Waals surface area (Å²) in [6.07, 6.45) is 5.05. The average Bonchev–Trinajstić information content (AvgIpc) is 3.14. The maximum Gasteiger partial charge on any atom is 0.254 e. The van der Waals surface area contributed by atoms with Crippen molar-refractivity contribution in [1.82, 2.24) is 14.5 Å². The normalized spacial score (nSPS) is 11.6. The first-order chi connectivity index (χ1) is 12.0. The Kier molecular flexibility index (Phi) is 4.46. The fourth-order valence-electron chi connectivity index (χ4n) is 2.08. The van der Waals surface area contributed by atoms with Crippen LogP contribution < -0.4 is 5.43 Å². The zero-order valence-corrected chi connectivity index (χ0v) is 12.8. The van der Waals surface area contributed by atoms with E-state index in [4.69, 9.17) is 0 Å². The summed E-state index contributed by atoms with van der Waals surface area (Å²) in [7, 11) is 0. The first-order valence-corrected chi connectivity index (χ1v) is 7.06. The van der Waals surface area contributed by atoms with Gasteiger partial charge in [-0.05, 0) is 24.6 Å². The number of aromatic nitrogens is 3. The average molecular weight is 349 g/mol. The number of imidazole rings is 1. The van der Waals surface area contributed by atoms with E-state index < -0.39 is 29.2 Å². The summed E-state index contributed by atoms with van der Waals surface area (Å²) in [6.45, 7) is 1.57. The number of pyridine rings is 1. The van der Waals surface area contributed by atoms with Crippen molar-refractivity contribution in [3.63, 3.8) is 0 Å². The highest BCUT2D eigenvalue weighted by Crippen LogP contribution is 2.22. The molecule has 2 heterocycles. The third kappa shape index (κ3) is 3.35. The number of benzene rings is 1. The predicted molar refractivity (Wildman–Crippen MR) is 83.5 cm³/mol. The highest BCUT2D eigenvalue weighted by molar-refractivity contribution is 5.99. The number of hydrazone groups is 1. The Bertz CT molecular complexity index is 894. The van der Waals surface area contributed by atoms with E-state index in [0.717, 1.165) is 5.69 Å². The number of halogens is 4. The molecule has 3 aromatic rings. The molecule has 0 saturated carbocycles. The van der Waals surface area contributed by atoms with E-state index in [1.165, 1.54) is 0 Å². The largest absolute Gasteiger partial charge is 0.306 e. The molecule has 0 fully saturated rings. The van der Waals surface area contributed by atoms with Crippen molar-refractivity contribution in [2.45, 2.75) is 6.92 Å². The van der Waals surface area contributed by atoms with E-state index in [-0.39, 0.29) is 0 Å². The van der Waals surface area contributed by atoms with Gasteiger partial charge in [0.05, 0.1) is 12.0 Å². The molecular formula is C16H11F4N5. The summed E-state index contributed by atoms with van der Waals surface area (Å²) < 4.78 is 55.0. The molecule has 0 amide bonds. The molecule has 3 rings (SSSR count). The van der Waals surface area contributed by atoms with Gasteiger partial charge in [-0.1, -0.05) is 12.1 Å². The lowest BCUT2D eigenvalue weighted by molar-refractivity contribution is 0.411. The molecular weight excluding hydrogens is 338 g/mol. The second kappa shape index (κ2) is 6.71. The Morgan fingerprint density at radius 1 is 1.04 bits per heavy atom. The molecule has 0 aliphatic rings. The smallest absolute Gasteiger partial charge is 0.254 e.